The minimum Gasteiger partial charge on any atom is -0.497 e. The number of carbonyl (C=O) groups excluding carboxylic acids is 2. The Morgan fingerprint density at radius 2 is 1.96 bits per heavy atom. The summed E-state index contributed by atoms with van der Waals surface area (Å²) in [6.45, 7) is 1.07. The molecule has 1 N–H and O–H groups in total. The number of hydrogen-bond acceptors (Lipinski definition) is 3. The second kappa shape index (κ2) is 7.83. The molecule has 0 radical (unpaired) electrons. The average Bonchev–Trinajstić information content (AvgIpc) is 3.16. The van der Waals surface area contributed by atoms with Crippen LogP contribution in [-0.2, 0) is 11.3 Å². The zero-order chi connectivity index (χ0) is 17.6. The molecular formula is C20H22N2O3. The van der Waals surface area contributed by atoms with Crippen molar-refractivity contribution in [3.05, 3.63) is 65.7 Å². The van der Waals surface area contributed by atoms with Gasteiger partial charge in [-0.1, -0.05) is 36.4 Å². The number of benzene rings is 2. The van der Waals surface area contributed by atoms with Crippen LogP contribution < -0.4 is 10.1 Å². The highest BCUT2D eigenvalue weighted by Crippen LogP contribution is 2.22. The molecule has 1 saturated heterocycles. The minimum absolute atomic E-state index is 0.0994. The molecule has 2 amide bonds. The highest BCUT2D eigenvalue weighted by molar-refractivity contribution is 5.98. The van der Waals surface area contributed by atoms with Crippen LogP contribution in [0.3, 0.4) is 0 Å². The predicted molar refractivity (Wildman–Crippen MR) is 95.3 cm³/mol. The first-order chi connectivity index (χ1) is 12.2. The summed E-state index contributed by atoms with van der Waals surface area (Å²) in [6.07, 6.45) is 1.52. The van der Waals surface area contributed by atoms with Crippen molar-refractivity contribution in [2.45, 2.75) is 25.4 Å². The van der Waals surface area contributed by atoms with E-state index in [1.807, 2.05) is 30.3 Å². The van der Waals surface area contributed by atoms with Crippen molar-refractivity contribution >= 4 is 11.8 Å². The zero-order valence-corrected chi connectivity index (χ0v) is 14.3. The third-order valence-corrected chi connectivity index (χ3v) is 4.44. The third kappa shape index (κ3) is 3.99. The Morgan fingerprint density at radius 3 is 2.72 bits per heavy atom. The Kier molecular flexibility index (Phi) is 5.33. The van der Waals surface area contributed by atoms with E-state index in [1.54, 1.807) is 36.3 Å². The fraction of sp³-hybridized carbons (Fsp3) is 0.300. The Bertz CT molecular complexity index is 746. The number of amides is 2. The number of nitrogens with zero attached hydrogens (tertiary/aromatic N) is 1. The number of carbonyl (C=O) groups is 2. The molecule has 0 aromatic heterocycles. The maximum atomic E-state index is 12.8. The Morgan fingerprint density at radius 1 is 1.16 bits per heavy atom. The number of ether oxygens (including phenoxy) is 1. The van der Waals surface area contributed by atoms with Gasteiger partial charge < -0.3 is 15.0 Å². The highest BCUT2D eigenvalue weighted by atomic mass is 16.5. The first-order valence-electron chi connectivity index (χ1n) is 8.45. The summed E-state index contributed by atoms with van der Waals surface area (Å²) < 4.78 is 5.18. The monoisotopic (exact) mass is 338 g/mol. The lowest BCUT2D eigenvalue weighted by Crippen LogP contribution is -2.45. The van der Waals surface area contributed by atoms with Gasteiger partial charge in [0.1, 0.15) is 11.8 Å². The van der Waals surface area contributed by atoms with Gasteiger partial charge in [-0.05, 0) is 36.6 Å². The van der Waals surface area contributed by atoms with Crippen LogP contribution >= 0.6 is 0 Å². The molecule has 2 aromatic rings. The van der Waals surface area contributed by atoms with Crippen molar-refractivity contribution in [1.29, 1.82) is 0 Å². The molecule has 25 heavy (non-hydrogen) atoms. The number of hydrogen-bond donors (Lipinski definition) is 1. The van der Waals surface area contributed by atoms with Crippen molar-refractivity contribution < 1.29 is 14.3 Å². The quantitative estimate of drug-likeness (QED) is 0.912. The molecule has 130 valence electrons. The van der Waals surface area contributed by atoms with E-state index in [9.17, 15) is 9.59 Å². The summed E-state index contributed by atoms with van der Waals surface area (Å²) in [5.74, 6) is 0.406. The SMILES string of the molecule is COc1cccc(C(=O)N2CCC[C@H]2C(=O)NCc2ccccc2)c1. The van der Waals surface area contributed by atoms with Gasteiger partial charge in [0.2, 0.25) is 5.91 Å². The van der Waals surface area contributed by atoms with E-state index in [0.29, 0.717) is 30.8 Å². The lowest BCUT2D eigenvalue weighted by Gasteiger charge is -2.24. The van der Waals surface area contributed by atoms with Crippen molar-refractivity contribution in [2.24, 2.45) is 0 Å². The molecule has 2 aromatic carbocycles. The Hall–Kier alpha value is -2.82. The fourth-order valence-electron chi connectivity index (χ4n) is 3.11. The summed E-state index contributed by atoms with van der Waals surface area (Å²) in [7, 11) is 1.57. The van der Waals surface area contributed by atoms with Crippen LogP contribution in [-0.4, -0.2) is 36.4 Å². The second-order valence-corrected chi connectivity index (χ2v) is 6.09. The van der Waals surface area contributed by atoms with Gasteiger partial charge in [-0.15, -0.1) is 0 Å². The average molecular weight is 338 g/mol. The highest BCUT2D eigenvalue weighted by Gasteiger charge is 2.34. The molecule has 1 heterocycles. The van der Waals surface area contributed by atoms with Gasteiger partial charge in [0.05, 0.1) is 7.11 Å². The largest absolute Gasteiger partial charge is 0.497 e. The van der Waals surface area contributed by atoms with E-state index < -0.39 is 6.04 Å². The Balaban J connectivity index is 1.66. The number of nitrogens with one attached hydrogen (secondary N) is 1. The predicted octanol–water partition coefficient (Wildman–Crippen LogP) is 2.62. The van der Waals surface area contributed by atoms with Gasteiger partial charge in [-0.2, -0.15) is 0 Å². The lowest BCUT2D eigenvalue weighted by atomic mass is 10.1. The second-order valence-electron chi connectivity index (χ2n) is 6.09. The summed E-state index contributed by atoms with van der Waals surface area (Å²) in [5.41, 5.74) is 1.58. The van der Waals surface area contributed by atoms with Crippen LogP contribution in [0.15, 0.2) is 54.6 Å². The summed E-state index contributed by atoms with van der Waals surface area (Å²) in [4.78, 5) is 27.0. The molecule has 1 fully saturated rings. The van der Waals surface area contributed by atoms with Crippen LogP contribution in [0, 0.1) is 0 Å². The summed E-state index contributed by atoms with van der Waals surface area (Å²) in [6, 6.07) is 16.4. The van der Waals surface area contributed by atoms with E-state index >= 15 is 0 Å². The maximum Gasteiger partial charge on any atom is 0.254 e. The normalized spacial score (nSPS) is 16.5. The van der Waals surface area contributed by atoms with Crippen molar-refractivity contribution in [3.63, 3.8) is 0 Å². The number of rotatable bonds is 5. The first-order valence-corrected chi connectivity index (χ1v) is 8.45. The molecule has 0 aliphatic carbocycles. The van der Waals surface area contributed by atoms with Gasteiger partial charge in [0.25, 0.3) is 5.91 Å². The fourth-order valence-corrected chi connectivity index (χ4v) is 3.11. The van der Waals surface area contributed by atoms with Gasteiger partial charge in [-0.3, -0.25) is 9.59 Å². The standard InChI is InChI=1S/C20H22N2O3/c1-25-17-10-5-9-16(13-17)20(24)22-12-6-11-18(22)19(23)21-14-15-7-3-2-4-8-15/h2-5,7-10,13,18H,6,11-12,14H2,1H3,(H,21,23)/t18-/m0/s1. The molecule has 0 spiro atoms. The third-order valence-electron chi connectivity index (χ3n) is 4.44. The van der Waals surface area contributed by atoms with Crippen LogP contribution in [0.2, 0.25) is 0 Å². The maximum absolute atomic E-state index is 12.8. The smallest absolute Gasteiger partial charge is 0.254 e. The van der Waals surface area contributed by atoms with Gasteiger partial charge >= 0.3 is 0 Å². The van der Waals surface area contributed by atoms with Crippen molar-refractivity contribution in [1.82, 2.24) is 10.2 Å². The zero-order valence-electron chi connectivity index (χ0n) is 14.3. The van der Waals surface area contributed by atoms with Crippen LogP contribution in [0.5, 0.6) is 5.75 Å². The van der Waals surface area contributed by atoms with Crippen molar-refractivity contribution in [2.75, 3.05) is 13.7 Å². The molecule has 0 bridgehead atoms. The molecule has 5 heteroatoms. The molecule has 3 rings (SSSR count). The van der Waals surface area contributed by atoms with Crippen LogP contribution in [0.1, 0.15) is 28.8 Å². The molecule has 1 aliphatic heterocycles. The first kappa shape index (κ1) is 17.0. The molecule has 1 atom stereocenters. The summed E-state index contributed by atoms with van der Waals surface area (Å²) in [5, 5.41) is 2.94. The van der Waals surface area contributed by atoms with Crippen molar-refractivity contribution in [3.8, 4) is 5.75 Å². The Labute approximate surface area is 147 Å². The van der Waals surface area contributed by atoms with Crippen LogP contribution in [0.4, 0.5) is 0 Å². The topological polar surface area (TPSA) is 58.6 Å². The van der Waals surface area contributed by atoms with E-state index in [1.165, 1.54) is 0 Å². The molecule has 1 aliphatic rings. The lowest BCUT2D eigenvalue weighted by molar-refractivity contribution is -0.125. The minimum atomic E-state index is -0.414. The summed E-state index contributed by atoms with van der Waals surface area (Å²) >= 11 is 0. The van der Waals surface area contributed by atoms with Gasteiger partial charge in [0, 0.05) is 18.7 Å². The van der Waals surface area contributed by atoms with E-state index in [2.05, 4.69) is 5.32 Å². The van der Waals surface area contributed by atoms with Gasteiger partial charge in [0.15, 0.2) is 0 Å². The molecule has 0 saturated carbocycles. The van der Waals surface area contributed by atoms with E-state index in [4.69, 9.17) is 4.74 Å². The molecule has 0 unspecified atom stereocenters. The number of methoxy groups -OCH3 is 1. The molecule has 5 nitrogen and oxygen atoms in total. The van der Waals surface area contributed by atoms with Crippen LogP contribution in [0.25, 0.3) is 0 Å². The van der Waals surface area contributed by atoms with E-state index in [0.717, 1.165) is 12.0 Å². The number of likely N-dealkylation sites (tertiary alicyclic amines) is 1. The van der Waals surface area contributed by atoms with Gasteiger partial charge in [-0.25, -0.2) is 0 Å². The van der Waals surface area contributed by atoms with E-state index in [-0.39, 0.29) is 11.8 Å². The molecular weight excluding hydrogens is 316 g/mol.